The van der Waals surface area contributed by atoms with Gasteiger partial charge in [-0.2, -0.15) is 4.31 Å². The number of piperidine rings is 1. The van der Waals surface area contributed by atoms with Crippen LogP contribution in [0.4, 0.5) is 4.39 Å². The smallest absolute Gasteiger partial charge is 0.243 e. The summed E-state index contributed by atoms with van der Waals surface area (Å²) in [6, 6.07) is 5.01. The first-order valence-corrected chi connectivity index (χ1v) is 11.3. The summed E-state index contributed by atoms with van der Waals surface area (Å²) in [6.07, 6.45) is 6.72. The molecule has 7 heteroatoms. The summed E-state index contributed by atoms with van der Waals surface area (Å²) in [5.41, 5.74) is 0. The van der Waals surface area contributed by atoms with E-state index in [9.17, 15) is 17.6 Å². The van der Waals surface area contributed by atoms with Gasteiger partial charge in [0.2, 0.25) is 15.9 Å². The Kier molecular flexibility index (Phi) is 8.23. The first-order valence-electron chi connectivity index (χ1n) is 9.90. The highest BCUT2D eigenvalue weighted by atomic mass is 32.2. The lowest BCUT2D eigenvalue weighted by Crippen LogP contribution is -2.44. The number of hydrogen-bond donors (Lipinski definition) is 1. The normalized spacial score (nSPS) is 17.6. The van der Waals surface area contributed by atoms with E-state index in [0.29, 0.717) is 25.9 Å². The molecule has 0 aliphatic carbocycles. The highest BCUT2D eigenvalue weighted by Gasteiger charge is 2.32. The van der Waals surface area contributed by atoms with Gasteiger partial charge in [0, 0.05) is 25.0 Å². The van der Waals surface area contributed by atoms with E-state index in [1.165, 1.54) is 35.7 Å². The third-order valence-corrected chi connectivity index (χ3v) is 7.07. The number of rotatable bonds is 9. The van der Waals surface area contributed by atoms with Crippen molar-refractivity contribution in [2.75, 3.05) is 13.1 Å². The summed E-state index contributed by atoms with van der Waals surface area (Å²) in [5.74, 6) is -0.590. The van der Waals surface area contributed by atoms with E-state index in [-0.39, 0.29) is 22.8 Å². The summed E-state index contributed by atoms with van der Waals surface area (Å²) in [5, 5.41) is 3.07. The first-order chi connectivity index (χ1) is 12.8. The second-order valence-corrected chi connectivity index (χ2v) is 9.33. The zero-order valence-electron chi connectivity index (χ0n) is 16.3. The number of unbranched alkanes of at least 4 members (excludes halogenated alkanes) is 3. The standard InChI is InChI=1S/C20H31FN2O3S/c1-3-4-5-6-7-16(2)22-20(24)17-12-14-23(15-13-17)27(25,26)19-10-8-18(21)9-11-19/h8-11,16-17H,3-7,12-15H2,1-2H3,(H,22,24). The molecular weight excluding hydrogens is 367 g/mol. The van der Waals surface area contributed by atoms with Crippen LogP contribution < -0.4 is 5.32 Å². The summed E-state index contributed by atoms with van der Waals surface area (Å²) in [6.45, 7) is 4.82. The summed E-state index contributed by atoms with van der Waals surface area (Å²) in [4.78, 5) is 12.5. The van der Waals surface area contributed by atoms with Crippen LogP contribution in [0.3, 0.4) is 0 Å². The molecule has 1 amide bonds. The minimum atomic E-state index is -3.63. The molecule has 1 aromatic carbocycles. The van der Waals surface area contributed by atoms with Gasteiger partial charge in [-0.3, -0.25) is 4.79 Å². The van der Waals surface area contributed by atoms with Gasteiger partial charge in [0.1, 0.15) is 5.82 Å². The van der Waals surface area contributed by atoms with Gasteiger partial charge in [-0.1, -0.05) is 32.6 Å². The highest BCUT2D eigenvalue weighted by molar-refractivity contribution is 7.89. The van der Waals surface area contributed by atoms with Crippen molar-refractivity contribution in [2.45, 2.75) is 69.7 Å². The van der Waals surface area contributed by atoms with Crippen LogP contribution in [-0.4, -0.2) is 37.8 Å². The third-order valence-electron chi connectivity index (χ3n) is 5.16. The number of nitrogens with one attached hydrogen (secondary N) is 1. The Balaban J connectivity index is 1.82. The maximum atomic E-state index is 13.0. The highest BCUT2D eigenvalue weighted by Crippen LogP contribution is 2.24. The number of benzene rings is 1. The van der Waals surface area contributed by atoms with Crippen molar-refractivity contribution in [3.8, 4) is 0 Å². The maximum absolute atomic E-state index is 13.0. The molecule has 0 bridgehead atoms. The number of amides is 1. The van der Waals surface area contributed by atoms with Crippen LogP contribution in [0.15, 0.2) is 29.2 Å². The Morgan fingerprint density at radius 3 is 2.41 bits per heavy atom. The zero-order chi connectivity index (χ0) is 19.9. The van der Waals surface area contributed by atoms with Crippen molar-refractivity contribution < 1.29 is 17.6 Å². The average Bonchev–Trinajstić information content (AvgIpc) is 2.65. The fourth-order valence-corrected chi connectivity index (χ4v) is 4.89. The third kappa shape index (κ3) is 6.28. The van der Waals surface area contributed by atoms with E-state index in [2.05, 4.69) is 12.2 Å². The molecular formula is C20H31FN2O3S. The Labute approximate surface area is 162 Å². The van der Waals surface area contributed by atoms with Crippen molar-refractivity contribution in [2.24, 2.45) is 5.92 Å². The molecule has 1 atom stereocenters. The summed E-state index contributed by atoms with van der Waals surface area (Å²) >= 11 is 0. The molecule has 1 fully saturated rings. The van der Waals surface area contributed by atoms with Crippen LogP contribution in [0.1, 0.15) is 58.8 Å². The number of nitrogens with zero attached hydrogens (tertiary/aromatic N) is 1. The minimum absolute atomic E-state index is 0.0248. The molecule has 27 heavy (non-hydrogen) atoms. The molecule has 1 aromatic rings. The Hall–Kier alpha value is -1.47. The second kappa shape index (κ2) is 10.2. The number of carbonyl (C=O) groups is 1. The fraction of sp³-hybridized carbons (Fsp3) is 0.650. The van der Waals surface area contributed by atoms with E-state index in [1.54, 1.807) is 0 Å². The zero-order valence-corrected chi connectivity index (χ0v) is 17.1. The molecule has 152 valence electrons. The number of halogens is 1. The van der Waals surface area contributed by atoms with Crippen LogP contribution in [0, 0.1) is 11.7 Å². The molecule has 1 saturated heterocycles. The van der Waals surface area contributed by atoms with Gasteiger partial charge in [0.25, 0.3) is 0 Å². The van der Waals surface area contributed by atoms with Crippen molar-refractivity contribution in [1.82, 2.24) is 9.62 Å². The number of carbonyl (C=O) groups excluding carboxylic acids is 1. The molecule has 0 spiro atoms. The maximum Gasteiger partial charge on any atom is 0.243 e. The minimum Gasteiger partial charge on any atom is -0.353 e. The van der Waals surface area contributed by atoms with Gasteiger partial charge in [0.15, 0.2) is 0 Å². The monoisotopic (exact) mass is 398 g/mol. The van der Waals surface area contributed by atoms with Crippen LogP contribution in [0.25, 0.3) is 0 Å². The molecule has 1 heterocycles. The van der Waals surface area contributed by atoms with Gasteiger partial charge < -0.3 is 5.32 Å². The lowest BCUT2D eigenvalue weighted by molar-refractivity contribution is -0.126. The van der Waals surface area contributed by atoms with Gasteiger partial charge >= 0.3 is 0 Å². The molecule has 5 nitrogen and oxygen atoms in total. The van der Waals surface area contributed by atoms with Gasteiger partial charge in [-0.05, 0) is 50.5 Å². The molecule has 1 N–H and O–H groups in total. The van der Waals surface area contributed by atoms with E-state index in [1.807, 2.05) is 6.92 Å². The molecule has 1 aliphatic rings. The Morgan fingerprint density at radius 2 is 1.81 bits per heavy atom. The quantitative estimate of drug-likeness (QED) is 0.645. The van der Waals surface area contributed by atoms with Crippen molar-refractivity contribution >= 4 is 15.9 Å². The van der Waals surface area contributed by atoms with Crippen LogP contribution in [0.5, 0.6) is 0 Å². The van der Waals surface area contributed by atoms with Crippen LogP contribution in [-0.2, 0) is 14.8 Å². The van der Waals surface area contributed by atoms with Gasteiger partial charge in [-0.25, -0.2) is 12.8 Å². The fourth-order valence-electron chi connectivity index (χ4n) is 3.42. The van der Waals surface area contributed by atoms with Gasteiger partial charge in [0.05, 0.1) is 4.90 Å². The van der Waals surface area contributed by atoms with Gasteiger partial charge in [-0.15, -0.1) is 0 Å². The largest absolute Gasteiger partial charge is 0.353 e. The van der Waals surface area contributed by atoms with Crippen molar-refractivity contribution in [3.63, 3.8) is 0 Å². The molecule has 0 radical (unpaired) electrons. The van der Waals surface area contributed by atoms with E-state index in [0.717, 1.165) is 25.0 Å². The van der Waals surface area contributed by atoms with E-state index >= 15 is 0 Å². The molecule has 1 unspecified atom stereocenters. The Bertz CT molecular complexity index is 698. The summed E-state index contributed by atoms with van der Waals surface area (Å²) in [7, 11) is -3.63. The second-order valence-electron chi connectivity index (χ2n) is 7.39. The number of hydrogen-bond acceptors (Lipinski definition) is 3. The van der Waals surface area contributed by atoms with E-state index < -0.39 is 15.8 Å². The lowest BCUT2D eigenvalue weighted by atomic mass is 9.96. The predicted molar refractivity (Wildman–Crippen MR) is 104 cm³/mol. The van der Waals surface area contributed by atoms with Crippen LogP contribution >= 0.6 is 0 Å². The SMILES string of the molecule is CCCCCCC(C)NC(=O)C1CCN(S(=O)(=O)c2ccc(F)cc2)CC1. The molecule has 1 aliphatic heterocycles. The molecule has 0 saturated carbocycles. The topological polar surface area (TPSA) is 66.5 Å². The number of sulfonamides is 1. The summed E-state index contributed by atoms with van der Waals surface area (Å²) < 4.78 is 39.7. The van der Waals surface area contributed by atoms with E-state index in [4.69, 9.17) is 0 Å². The first kappa shape index (κ1) is 21.8. The van der Waals surface area contributed by atoms with Crippen molar-refractivity contribution in [1.29, 1.82) is 0 Å². The predicted octanol–water partition coefficient (Wildman–Crippen LogP) is 3.70. The average molecular weight is 399 g/mol. The lowest BCUT2D eigenvalue weighted by Gasteiger charge is -2.31. The van der Waals surface area contributed by atoms with Crippen LogP contribution in [0.2, 0.25) is 0 Å². The Morgan fingerprint density at radius 1 is 1.19 bits per heavy atom. The van der Waals surface area contributed by atoms with Crippen molar-refractivity contribution in [3.05, 3.63) is 30.1 Å². The molecule has 0 aromatic heterocycles. The molecule has 2 rings (SSSR count).